The Morgan fingerprint density at radius 1 is 1.41 bits per heavy atom. The van der Waals surface area contributed by atoms with Crippen LogP contribution >= 0.6 is 0 Å². The van der Waals surface area contributed by atoms with E-state index >= 15 is 0 Å². The molecule has 0 spiro atoms. The van der Waals surface area contributed by atoms with E-state index < -0.39 is 17.7 Å². The molecule has 0 saturated heterocycles. The number of carbonyl (C=O) groups excluding carboxylic acids is 1. The Morgan fingerprint density at radius 2 is 2.15 bits per heavy atom. The van der Waals surface area contributed by atoms with Gasteiger partial charge in [-0.25, -0.2) is 9.48 Å². The summed E-state index contributed by atoms with van der Waals surface area (Å²) in [6.07, 6.45) is -0.382. The van der Waals surface area contributed by atoms with E-state index in [4.69, 9.17) is 20.1 Å². The number of hydrogen-bond acceptors (Lipinski definition) is 7. The van der Waals surface area contributed by atoms with Gasteiger partial charge in [-0.3, -0.25) is 4.79 Å². The van der Waals surface area contributed by atoms with Crippen LogP contribution in [-0.2, 0) is 33.8 Å². The third-order valence-electron chi connectivity index (χ3n) is 3.12. The van der Waals surface area contributed by atoms with Crippen LogP contribution in [0.4, 0.5) is 4.79 Å². The zero-order chi connectivity index (χ0) is 20.3. The number of carboxylic acids is 1. The molecule has 1 amide bonds. The molecule has 0 fully saturated rings. The van der Waals surface area contributed by atoms with Crippen LogP contribution < -0.4 is 5.32 Å². The van der Waals surface area contributed by atoms with Crippen LogP contribution in [0.1, 0.15) is 38.6 Å². The zero-order valence-electron chi connectivity index (χ0n) is 15.7. The second-order valence-corrected chi connectivity index (χ2v) is 6.54. The fourth-order valence-corrected chi connectivity index (χ4v) is 2.05. The lowest BCUT2D eigenvalue weighted by Gasteiger charge is -2.19. The van der Waals surface area contributed by atoms with Crippen molar-refractivity contribution in [2.75, 3.05) is 19.7 Å². The normalized spacial score (nSPS) is 10.9. The molecular formula is C15H25N7O5. The van der Waals surface area contributed by atoms with Gasteiger partial charge < -0.3 is 19.9 Å². The topological polar surface area (TPSA) is 164 Å². The third kappa shape index (κ3) is 9.42. The highest BCUT2D eigenvalue weighted by Gasteiger charge is 2.16. The van der Waals surface area contributed by atoms with Gasteiger partial charge in [-0.05, 0) is 26.3 Å². The number of carbonyl (C=O) groups is 2. The summed E-state index contributed by atoms with van der Waals surface area (Å²) in [4.78, 5) is 25.0. The summed E-state index contributed by atoms with van der Waals surface area (Å²) in [7, 11) is 0. The van der Waals surface area contributed by atoms with Crippen molar-refractivity contribution in [3.63, 3.8) is 0 Å². The van der Waals surface area contributed by atoms with Crippen molar-refractivity contribution in [3.05, 3.63) is 21.8 Å². The summed E-state index contributed by atoms with van der Waals surface area (Å²) in [6, 6.07) is 0. The van der Waals surface area contributed by atoms with Gasteiger partial charge in [-0.2, -0.15) is 0 Å². The molecule has 12 heteroatoms. The Bertz CT molecular complexity index is 677. The minimum atomic E-state index is -0.939. The third-order valence-corrected chi connectivity index (χ3v) is 3.12. The molecule has 0 aliphatic rings. The minimum absolute atomic E-state index is 0.0813. The fourth-order valence-electron chi connectivity index (χ4n) is 2.05. The maximum Gasteiger partial charge on any atom is 0.407 e. The maximum atomic E-state index is 11.5. The number of nitrogens with one attached hydrogen (secondary N) is 1. The Kier molecular flexibility index (Phi) is 9.03. The summed E-state index contributed by atoms with van der Waals surface area (Å²) >= 11 is 0. The molecule has 150 valence electrons. The van der Waals surface area contributed by atoms with Crippen LogP contribution in [0, 0.1) is 0 Å². The molecule has 0 saturated carbocycles. The SMILES string of the molecule is CC(C)(C)OC(=O)NCCOCc1nnn(CCN=[N+]=[N-])c1CCC(=O)O. The highest BCUT2D eigenvalue weighted by atomic mass is 16.6. The molecule has 27 heavy (non-hydrogen) atoms. The van der Waals surface area contributed by atoms with Crippen LogP contribution in [0.15, 0.2) is 5.11 Å². The van der Waals surface area contributed by atoms with Gasteiger partial charge in [0, 0.05) is 31.0 Å². The first-order valence-corrected chi connectivity index (χ1v) is 8.41. The van der Waals surface area contributed by atoms with E-state index in [-0.39, 0.29) is 39.1 Å². The molecule has 1 rings (SSSR count). The van der Waals surface area contributed by atoms with Crippen molar-refractivity contribution >= 4 is 12.1 Å². The van der Waals surface area contributed by atoms with E-state index in [1.807, 2.05) is 0 Å². The highest BCUT2D eigenvalue weighted by molar-refractivity contribution is 5.67. The molecule has 0 unspecified atom stereocenters. The molecule has 0 aliphatic heterocycles. The van der Waals surface area contributed by atoms with E-state index in [0.29, 0.717) is 17.9 Å². The maximum absolute atomic E-state index is 11.5. The van der Waals surface area contributed by atoms with Crippen LogP contribution in [0.2, 0.25) is 0 Å². The van der Waals surface area contributed by atoms with Crippen molar-refractivity contribution < 1.29 is 24.2 Å². The van der Waals surface area contributed by atoms with Crippen molar-refractivity contribution in [2.45, 2.75) is 52.4 Å². The number of hydrogen-bond donors (Lipinski definition) is 2. The molecule has 0 radical (unpaired) electrons. The van der Waals surface area contributed by atoms with Gasteiger partial charge in [0.05, 0.1) is 25.3 Å². The van der Waals surface area contributed by atoms with Gasteiger partial charge in [0.15, 0.2) is 0 Å². The molecule has 2 N–H and O–H groups in total. The van der Waals surface area contributed by atoms with E-state index in [1.165, 1.54) is 4.68 Å². The summed E-state index contributed by atoms with van der Waals surface area (Å²) in [5, 5.41) is 22.8. The summed E-state index contributed by atoms with van der Waals surface area (Å²) < 4.78 is 12.1. The van der Waals surface area contributed by atoms with Gasteiger partial charge >= 0.3 is 12.1 Å². The Labute approximate surface area is 156 Å². The first-order chi connectivity index (χ1) is 12.7. The van der Waals surface area contributed by atoms with Crippen molar-refractivity contribution in [1.29, 1.82) is 0 Å². The standard InChI is InChI=1S/C15H25N7O5/c1-15(2,3)27-14(25)17-7-9-26-10-11-12(4-5-13(23)24)22(21-19-11)8-6-18-20-16/h4-10H2,1-3H3,(H,17,25)(H,23,24). The van der Waals surface area contributed by atoms with Gasteiger partial charge in [-0.15, -0.1) is 5.10 Å². The quantitative estimate of drug-likeness (QED) is 0.254. The van der Waals surface area contributed by atoms with E-state index in [0.717, 1.165) is 0 Å². The molecule has 0 atom stereocenters. The Morgan fingerprint density at radius 3 is 2.78 bits per heavy atom. The minimum Gasteiger partial charge on any atom is -0.481 e. The number of alkyl carbamates (subject to hydrolysis) is 1. The number of ether oxygens (including phenoxy) is 2. The highest BCUT2D eigenvalue weighted by Crippen LogP contribution is 2.10. The van der Waals surface area contributed by atoms with Gasteiger partial charge in [-0.1, -0.05) is 10.3 Å². The summed E-state index contributed by atoms with van der Waals surface area (Å²) in [5.41, 5.74) is 8.89. The van der Waals surface area contributed by atoms with Gasteiger partial charge in [0.1, 0.15) is 11.3 Å². The second-order valence-electron chi connectivity index (χ2n) is 6.54. The van der Waals surface area contributed by atoms with E-state index in [2.05, 4.69) is 25.7 Å². The van der Waals surface area contributed by atoms with E-state index in [1.54, 1.807) is 20.8 Å². The molecule has 12 nitrogen and oxygen atoms in total. The Balaban J connectivity index is 2.51. The number of azide groups is 1. The largest absolute Gasteiger partial charge is 0.481 e. The van der Waals surface area contributed by atoms with Crippen LogP contribution in [0.25, 0.3) is 10.4 Å². The lowest BCUT2D eigenvalue weighted by molar-refractivity contribution is -0.137. The van der Waals surface area contributed by atoms with Crippen LogP contribution in [0.3, 0.4) is 0 Å². The average molecular weight is 383 g/mol. The predicted molar refractivity (Wildman–Crippen MR) is 93.9 cm³/mol. The summed E-state index contributed by atoms with van der Waals surface area (Å²) in [5.74, 6) is -0.939. The first kappa shape index (κ1) is 22.2. The fraction of sp³-hybridized carbons (Fsp3) is 0.733. The summed E-state index contributed by atoms with van der Waals surface area (Å²) in [6.45, 7) is 6.39. The molecule has 1 aromatic rings. The van der Waals surface area contributed by atoms with Crippen LogP contribution in [-0.4, -0.2) is 57.5 Å². The predicted octanol–water partition coefficient (Wildman–Crippen LogP) is 1.65. The Hall–Kier alpha value is -2.85. The first-order valence-electron chi connectivity index (χ1n) is 8.41. The molecule has 0 aliphatic carbocycles. The molecular weight excluding hydrogens is 358 g/mol. The van der Waals surface area contributed by atoms with Gasteiger partial charge in [0.2, 0.25) is 0 Å². The molecule has 0 aromatic carbocycles. The van der Waals surface area contributed by atoms with E-state index in [9.17, 15) is 9.59 Å². The number of aromatic nitrogens is 3. The number of nitrogens with zero attached hydrogens (tertiary/aromatic N) is 6. The van der Waals surface area contributed by atoms with Crippen molar-refractivity contribution in [1.82, 2.24) is 20.3 Å². The lowest BCUT2D eigenvalue weighted by atomic mass is 10.2. The number of aliphatic carboxylic acids is 1. The number of carboxylic acid groups (broad SMARTS) is 1. The monoisotopic (exact) mass is 383 g/mol. The van der Waals surface area contributed by atoms with Gasteiger partial charge in [0.25, 0.3) is 0 Å². The average Bonchev–Trinajstić information content (AvgIpc) is 2.93. The lowest BCUT2D eigenvalue weighted by Crippen LogP contribution is -2.34. The number of amides is 1. The van der Waals surface area contributed by atoms with Crippen molar-refractivity contribution in [2.24, 2.45) is 5.11 Å². The second kappa shape index (κ2) is 11.0. The molecule has 1 aromatic heterocycles. The van der Waals surface area contributed by atoms with Crippen LogP contribution in [0.5, 0.6) is 0 Å². The zero-order valence-corrected chi connectivity index (χ0v) is 15.7. The molecule has 0 bridgehead atoms. The molecule has 1 heterocycles. The smallest absolute Gasteiger partial charge is 0.407 e. The van der Waals surface area contributed by atoms with Crippen molar-refractivity contribution in [3.8, 4) is 0 Å². The number of rotatable bonds is 11.